The van der Waals surface area contributed by atoms with Gasteiger partial charge in [0.05, 0.1) is 0 Å². The Morgan fingerprint density at radius 3 is 2.25 bits per heavy atom. The summed E-state index contributed by atoms with van der Waals surface area (Å²) in [5.74, 6) is 1.85. The number of nitrogens with one attached hydrogen (secondary N) is 4. The molecule has 4 aromatic rings. The van der Waals surface area contributed by atoms with Crippen molar-refractivity contribution in [2.45, 2.75) is 0 Å². The summed E-state index contributed by atoms with van der Waals surface area (Å²) in [7, 11) is 1.55. The highest BCUT2D eigenvalue weighted by molar-refractivity contribution is 5.99. The minimum Gasteiger partial charge on any atom is -0.457 e. The van der Waals surface area contributed by atoms with Gasteiger partial charge in [-0.15, -0.1) is 0 Å². The van der Waals surface area contributed by atoms with E-state index in [9.17, 15) is 9.59 Å². The number of benzene rings is 2. The maximum Gasteiger partial charge on any atom is 0.269 e. The molecule has 0 saturated carbocycles. The number of carbonyl (C=O) groups is 2. The monoisotopic (exact) mass is 480 g/mol. The van der Waals surface area contributed by atoms with Crippen LogP contribution in [0.3, 0.4) is 0 Å². The van der Waals surface area contributed by atoms with Gasteiger partial charge in [-0.3, -0.25) is 14.6 Å². The predicted octanol–water partition coefficient (Wildman–Crippen LogP) is 5.24. The summed E-state index contributed by atoms with van der Waals surface area (Å²) >= 11 is 0. The van der Waals surface area contributed by atoms with Crippen LogP contribution in [-0.2, 0) is 4.79 Å². The lowest BCUT2D eigenvalue weighted by Crippen LogP contribution is -2.18. The summed E-state index contributed by atoms with van der Waals surface area (Å²) < 4.78 is 5.84. The fourth-order valence-electron chi connectivity index (χ4n) is 3.21. The van der Waals surface area contributed by atoms with Crippen molar-refractivity contribution < 1.29 is 14.3 Å². The lowest BCUT2D eigenvalue weighted by atomic mass is 10.2. The smallest absolute Gasteiger partial charge is 0.269 e. The third kappa shape index (κ3) is 6.45. The number of rotatable bonds is 9. The third-order valence-corrected chi connectivity index (χ3v) is 4.89. The first-order valence-electron chi connectivity index (χ1n) is 11.0. The molecule has 0 aliphatic carbocycles. The van der Waals surface area contributed by atoms with Crippen molar-refractivity contribution in [1.29, 1.82) is 0 Å². The molecule has 2 aromatic carbocycles. The lowest BCUT2D eigenvalue weighted by Gasteiger charge is -2.11. The van der Waals surface area contributed by atoms with E-state index in [-0.39, 0.29) is 17.5 Å². The molecule has 0 atom stereocenters. The van der Waals surface area contributed by atoms with E-state index < -0.39 is 0 Å². The maximum absolute atomic E-state index is 11.8. The maximum atomic E-state index is 11.8. The van der Waals surface area contributed by atoms with E-state index in [1.807, 2.05) is 60.7 Å². The fourth-order valence-corrected chi connectivity index (χ4v) is 3.21. The van der Waals surface area contributed by atoms with Gasteiger partial charge in [0, 0.05) is 36.4 Å². The Morgan fingerprint density at radius 1 is 0.833 bits per heavy atom. The molecule has 9 heteroatoms. The van der Waals surface area contributed by atoms with Crippen LogP contribution >= 0.6 is 0 Å². The molecule has 0 fully saturated rings. The second-order valence-corrected chi connectivity index (χ2v) is 7.51. The average Bonchev–Trinajstić information content (AvgIpc) is 2.90. The van der Waals surface area contributed by atoms with E-state index in [1.165, 1.54) is 12.3 Å². The topological polar surface area (TPSA) is 117 Å². The number of hydrogen-bond acceptors (Lipinski definition) is 7. The molecule has 36 heavy (non-hydrogen) atoms. The molecule has 4 rings (SSSR count). The molecule has 0 aliphatic rings. The van der Waals surface area contributed by atoms with Crippen LogP contribution in [0.2, 0.25) is 0 Å². The van der Waals surface area contributed by atoms with Crippen molar-refractivity contribution in [3.05, 3.63) is 103 Å². The Labute approximate surface area is 208 Å². The summed E-state index contributed by atoms with van der Waals surface area (Å²) in [4.78, 5) is 31.9. The zero-order valence-corrected chi connectivity index (χ0v) is 19.5. The molecule has 180 valence electrons. The van der Waals surface area contributed by atoms with E-state index in [4.69, 9.17) is 4.74 Å². The van der Waals surface area contributed by atoms with Crippen molar-refractivity contribution >= 4 is 40.5 Å². The molecule has 2 amide bonds. The number of aromatic nitrogens is 2. The number of nitrogens with zero attached hydrogens (tertiary/aromatic N) is 2. The molecule has 0 unspecified atom stereocenters. The second-order valence-electron chi connectivity index (χ2n) is 7.51. The summed E-state index contributed by atoms with van der Waals surface area (Å²) in [6, 6.07) is 23.5. The van der Waals surface area contributed by atoms with Crippen molar-refractivity contribution in [3.63, 3.8) is 0 Å². The standard InChI is InChI=1S/C27H24N6O3/c1-3-26(34)32-20-7-4-6-19(16-20)31-25-9-5-8-24(33-25)30-18-10-12-21(13-11-18)36-22-14-15-29-23(17-22)27(35)28-2/h3-17H,1H2,2H3,(H,28,35)(H,32,34)(H2,30,31,33). The van der Waals surface area contributed by atoms with Crippen LogP contribution < -0.4 is 26.0 Å². The number of amides is 2. The van der Waals surface area contributed by atoms with Crippen LogP contribution in [0.1, 0.15) is 10.5 Å². The van der Waals surface area contributed by atoms with Crippen LogP contribution in [-0.4, -0.2) is 28.8 Å². The molecule has 2 aromatic heterocycles. The van der Waals surface area contributed by atoms with Gasteiger partial charge >= 0.3 is 0 Å². The molecule has 0 aliphatic heterocycles. The van der Waals surface area contributed by atoms with E-state index in [0.717, 1.165) is 11.4 Å². The second kappa shape index (κ2) is 11.3. The first-order valence-corrected chi connectivity index (χ1v) is 11.0. The third-order valence-electron chi connectivity index (χ3n) is 4.89. The SMILES string of the molecule is C=CC(=O)Nc1cccc(Nc2cccc(Nc3ccc(Oc4ccnc(C(=O)NC)c4)cc3)n2)c1. The fraction of sp³-hybridized carbons (Fsp3) is 0.0370. The minimum atomic E-state index is -0.281. The Balaban J connectivity index is 1.40. The van der Waals surface area contributed by atoms with Crippen LogP contribution in [0.5, 0.6) is 11.5 Å². The molecule has 2 heterocycles. The van der Waals surface area contributed by atoms with E-state index in [2.05, 4.69) is 37.8 Å². The Morgan fingerprint density at radius 2 is 1.53 bits per heavy atom. The Hall–Kier alpha value is -5.18. The minimum absolute atomic E-state index is 0.276. The molecular weight excluding hydrogens is 456 g/mol. The molecular formula is C27H24N6O3. The van der Waals surface area contributed by atoms with Crippen molar-refractivity contribution in [2.75, 3.05) is 23.0 Å². The van der Waals surface area contributed by atoms with Crippen LogP contribution in [0.25, 0.3) is 0 Å². The number of anilines is 5. The number of hydrogen-bond donors (Lipinski definition) is 4. The van der Waals surface area contributed by atoms with Gasteiger partial charge in [-0.1, -0.05) is 18.7 Å². The van der Waals surface area contributed by atoms with Gasteiger partial charge in [0.1, 0.15) is 28.8 Å². The van der Waals surface area contributed by atoms with Gasteiger partial charge in [-0.05, 0) is 66.7 Å². The normalized spacial score (nSPS) is 10.1. The van der Waals surface area contributed by atoms with E-state index in [0.29, 0.717) is 28.8 Å². The van der Waals surface area contributed by atoms with Crippen molar-refractivity contribution in [1.82, 2.24) is 15.3 Å². The summed E-state index contributed by atoms with van der Waals surface area (Å²) in [6.45, 7) is 3.46. The average molecular weight is 481 g/mol. The molecule has 4 N–H and O–H groups in total. The zero-order valence-electron chi connectivity index (χ0n) is 19.5. The van der Waals surface area contributed by atoms with Crippen LogP contribution in [0.15, 0.2) is 97.7 Å². The van der Waals surface area contributed by atoms with Crippen LogP contribution in [0, 0.1) is 0 Å². The van der Waals surface area contributed by atoms with Crippen molar-refractivity contribution in [2.24, 2.45) is 0 Å². The zero-order chi connectivity index (χ0) is 25.3. The van der Waals surface area contributed by atoms with Gasteiger partial charge in [0.15, 0.2) is 0 Å². The predicted molar refractivity (Wildman–Crippen MR) is 140 cm³/mol. The highest BCUT2D eigenvalue weighted by Crippen LogP contribution is 2.25. The van der Waals surface area contributed by atoms with Gasteiger partial charge in [-0.2, -0.15) is 0 Å². The number of pyridine rings is 2. The first-order chi connectivity index (χ1) is 17.5. The van der Waals surface area contributed by atoms with Gasteiger partial charge < -0.3 is 26.0 Å². The molecule has 0 saturated heterocycles. The quantitative estimate of drug-likeness (QED) is 0.242. The molecule has 9 nitrogen and oxygen atoms in total. The van der Waals surface area contributed by atoms with Gasteiger partial charge in [0.25, 0.3) is 5.91 Å². The molecule has 0 bridgehead atoms. The van der Waals surface area contributed by atoms with E-state index >= 15 is 0 Å². The first kappa shape index (κ1) is 24.0. The number of carbonyl (C=O) groups excluding carboxylic acids is 2. The Kier molecular flexibility index (Phi) is 7.52. The summed E-state index contributed by atoms with van der Waals surface area (Å²) in [6.07, 6.45) is 2.74. The summed E-state index contributed by atoms with van der Waals surface area (Å²) in [5.41, 5.74) is 2.53. The van der Waals surface area contributed by atoms with Crippen molar-refractivity contribution in [3.8, 4) is 11.5 Å². The van der Waals surface area contributed by atoms with Crippen LogP contribution in [0.4, 0.5) is 28.7 Å². The largest absolute Gasteiger partial charge is 0.457 e. The number of ether oxygens (including phenoxy) is 1. The van der Waals surface area contributed by atoms with Gasteiger partial charge in [-0.25, -0.2) is 4.98 Å². The Bertz CT molecular complexity index is 1390. The molecule has 0 radical (unpaired) electrons. The summed E-state index contributed by atoms with van der Waals surface area (Å²) in [5, 5.41) is 11.8. The highest BCUT2D eigenvalue weighted by atomic mass is 16.5. The highest BCUT2D eigenvalue weighted by Gasteiger charge is 2.07. The van der Waals surface area contributed by atoms with Gasteiger partial charge in [0.2, 0.25) is 5.91 Å². The lowest BCUT2D eigenvalue weighted by molar-refractivity contribution is -0.111. The van der Waals surface area contributed by atoms with E-state index in [1.54, 1.807) is 25.2 Å². The molecule has 0 spiro atoms.